The number of carboxylic acids is 1. The fourth-order valence-corrected chi connectivity index (χ4v) is 2.23. The molecule has 0 bridgehead atoms. The molecule has 0 unspecified atom stereocenters. The van der Waals surface area contributed by atoms with Gasteiger partial charge in [0.25, 0.3) is 0 Å². The van der Waals surface area contributed by atoms with Crippen molar-refractivity contribution in [3.63, 3.8) is 0 Å². The van der Waals surface area contributed by atoms with Gasteiger partial charge in [-0.15, -0.1) is 0 Å². The Morgan fingerprint density at radius 2 is 1.79 bits per heavy atom. The van der Waals surface area contributed by atoms with Gasteiger partial charge in [-0.1, -0.05) is 20.8 Å². The van der Waals surface area contributed by atoms with Crippen molar-refractivity contribution in [3.8, 4) is 0 Å². The van der Waals surface area contributed by atoms with Crippen LogP contribution in [0.3, 0.4) is 0 Å². The zero-order valence-corrected chi connectivity index (χ0v) is 12.1. The van der Waals surface area contributed by atoms with Crippen LogP contribution in [0, 0.1) is 5.92 Å². The molecule has 2 amide bonds. The molecule has 1 rings (SSSR count). The van der Waals surface area contributed by atoms with Crippen LogP contribution in [-0.4, -0.2) is 65.7 Å². The highest BCUT2D eigenvalue weighted by molar-refractivity contribution is 5.82. The molecule has 0 saturated carbocycles. The summed E-state index contributed by atoms with van der Waals surface area (Å²) in [5.74, 6) is -0.355. The van der Waals surface area contributed by atoms with Crippen molar-refractivity contribution in [1.29, 1.82) is 0 Å². The number of nitrogens with one attached hydrogen (secondary N) is 1. The minimum absolute atomic E-state index is 0.265. The summed E-state index contributed by atoms with van der Waals surface area (Å²) in [6.45, 7) is 10.2. The molecule has 0 radical (unpaired) electrons. The van der Waals surface area contributed by atoms with Gasteiger partial charge in [0, 0.05) is 32.7 Å². The van der Waals surface area contributed by atoms with Crippen LogP contribution in [-0.2, 0) is 4.79 Å². The average Bonchev–Trinajstić information content (AvgIpc) is 2.35. The highest BCUT2D eigenvalue weighted by atomic mass is 16.4. The maximum Gasteiger partial charge on any atom is 0.326 e. The summed E-state index contributed by atoms with van der Waals surface area (Å²) in [7, 11) is 0. The minimum Gasteiger partial charge on any atom is -0.480 e. The van der Waals surface area contributed by atoms with E-state index in [0.717, 1.165) is 19.6 Å². The van der Waals surface area contributed by atoms with Crippen molar-refractivity contribution >= 4 is 12.0 Å². The number of piperazine rings is 1. The molecule has 1 fully saturated rings. The summed E-state index contributed by atoms with van der Waals surface area (Å²) in [4.78, 5) is 26.8. The van der Waals surface area contributed by atoms with Gasteiger partial charge in [-0.2, -0.15) is 0 Å². The average molecular weight is 271 g/mol. The molecule has 0 aromatic heterocycles. The second kappa shape index (κ2) is 7.33. The van der Waals surface area contributed by atoms with E-state index in [4.69, 9.17) is 5.11 Å². The maximum atomic E-state index is 11.9. The van der Waals surface area contributed by atoms with E-state index in [1.165, 1.54) is 0 Å². The summed E-state index contributed by atoms with van der Waals surface area (Å²) < 4.78 is 0. The van der Waals surface area contributed by atoms with E-state index >= 15 is 0 Å². The highest BCUT2D eigenvalue weighted by Gasteiger charge is 2.24. The van der Waals surface area contributed by atoms with Gasteiger partial charge in [-0.25, -0.2) is 9.59 Å². The number of hydrogen-bond acceptors (Lipinski definition) is 3. The molecule has 110 valence electrons. The molecule has 1 aliphatic heterocycles. The van der Waals surface area contributed by atoms with E-state index in [1.54, 1.807) is 11.8 Å². The standard InChI is InChI=1S/C13H25N3O3/c1-4-11(12(17)18)14-13(19)16-7-5-15(6-8-16)9-10(2)3/h10-11H,4-9H2,1-3H3,(H,14,19)(H,17,18)/t11-/m1/s1. The van der Waals surface area contributed by atoms with Crippen LogP contribution in [0.4, 0.5) is 4.79 Å². The largest absolute Gasteiger partial charge is 0.480 e. The minimum atomic E-state index is -0.978. The Balaban J connectivity index is 2.38. The van der Waals surface area contributed by atoms with Crippen LogP contribution < -0.4 is 5.32 Å². The number of carbonyl (C=O) groups excluding carboxylic acids is 1. The summed E-state index contributed by atoms with van der Waals surface area (Å²) in [5.41, 5.74) is 0. The van der Waals surface area contributed by atoms with Gasteiger partial charge in [0.15, 0.2) is 0 Å². The third-order valence-corrected chi connectivity index (χ3v) is 3.29. The molecular weight excluding hydrogens is 246 g/mol. The lowest BCUT2D eigenvalue weighted by molar-refractivity contribution is -0.139. The molecule has 1 atom stereocenters. The molecule has 19 heavy (non-hydrogen) atoms. The van der Waals surface area contributed by atoms with Crippen LogP contribution in [0.5, 0.6) is 0 Å². The first-order chi connectivity index (χ1) is 8.93. The van der Waals surface area contributed by atoms with Crippen LogP contribution >= 0.6 is 0 Å². The Morgan fingerprint density at radius 3 is 2.21 bits per heavy atom. The first-order valence-corrected chi connectivity index (χ1v) is 6.94. The molecule has 6 heteroatoms. The first-order valence-electron chi connectivity index (χ1n) is 6.94. The van der Waals surface area contributed by atoms with Crippen LogP contribution in [0.2, 0.25) is 0 Å². The third-order valence-electron chi connectivity index (χ3n) is 3.29. The Bertz CT molecular complexity index is 312. The fourth-order valence-electron chi connectivity index (χ4n) is 2.23. The summed E-state index contributed by atoms with van der Waals surface area (Å²) in [6.07, 6.45) is 0.397. The van der Waals surface area contributed by atoms with Gasteiger partial charge in [0.05, 0.1) is 0 Å². The number of aliphatic carboxylic acids is 1. The predicted molar refractivity (Wildman–Crippen MR) is 73.1 cm³/mol. The number of carboxylic acid groups (broad SMARTS) is 1. The van der Waals surface area contributed by atoms with Gasteiger partial charge in [-0.3, -0.25) is 4.90 Å². The van der Waals surface area contributed by atoms with Crippen molar-refractivity contribution < 1.29 is 14.7 Å². The lowest BCUT2D eigenvalue weighted by atomic mass is 10.2. The van der Waals surface area contributed by atoms with Gasteiger partial charge in [0.1, 0.15) is 6.04 Å². The Hall–Kier alpha value is -1.30. The number of urea groups is 1. The smallest absolute Gasteiger partial charge is 0.326 e. The highest BCUT2D eigenvalue weighted by Crippen LogP contribution is 2.06. The van der Waals surface area contributed by atoms with Crippen molar-refractivity contribution in [3.05, 3.63) is 0 Å². The second-order valence-corrected chi connectivity index (χ2v) is 5.43. The van der Waals surface area contributed by atoms with E-state index < -0.39 is 12.0 Å². The monoisotopic (exact) mass is 271 g/mol. The normalized spacial score (nSPS) is 18.4. The maximum absolute atomic E-state index is 11.9. The quantitative estimate of drug-likeness (QED) is 0.777. The third kappa shape index (κ3) is 5.06. The molecule has 0 spiro atoms. The molecule has 2 N–H and O–H groups in total. The molecule has 6 nitrogen and oxygen atoms in total. The van der Waals surface area contributed by atoms with Gasteiger partial charge >= 0.3 is 12.0 Å². The zero-order chi connectivity index (χ0) is 14.4. The number of amides is 2. The molecule has 1 saturated heterocycles. The van der Waals surface area contributed by atoms with Crippen molar-refractivity contribution in [2.45, 2.75) is 33.2 Å². The number of nitrogens with zero attached hydrogens (tertiary/aromatic N) is 2. The molecule has 1 heterocycles. The molecular formula is C13H25N3O3. The van der Waals surface area contributed by atoms with E-state index in [-0.39, 0.29) is 6.03 Å². The van der Waals surface area contributed by atoms with Crippen molar-refractivity contribution in [2.75, 3.05) is 32.7 Å². The SMILES string of the molecule is CC[C@@H](NC(=O)N1CCN(CC(C)C)CC1)C(=O)O. The van der Waals surface area contributed by atoms with Gasteiger partial charge in [0.2, 0.25) is 0 Å². The predicted octanol–water partition coefficient (Wildman–Crippen LogP) is 0.833. The van der Waals surface area contributed by atoms with E-state index in [1.807, 2.05) is 0 Å². The number of carbonyl (C=O) groups is 2. The Morgan fingerprint density at radius 1 is 1.21 bits per heavy atom. The fraction of sp³-hybridized carbons (Fsp3) is 0.846. The topological polar surface area (TPSA) is 72.9 Å². The van der Waals surface area contributed by atoms with Crippen molar-refractivity contribution in [2.24, 2.45) is 5.92 Å². The van der Waals surface area contributed by atoms with Gasteiger partial charge in [-0.05, 0) is 12.3 Å². The lowest BCUT2D eigenvalue weighted by Crippen LogP contribution is -2.54. The molecule has 0 aliphatic carbocycles. The van der Waals surface area contributed by atoms with Crippen LogP contribution in [0.25, 0.3) is 0 Å². The van der Waals surface area contributed by atoms with E-state index in [0.29, 0.717) is 25.4 Å². The molecule has 0 aromatic carbocycles. The van der Waals surface area contributed by atoms with Gasteiger partial charge < -0.3 is 15.3 Å². The summed E-state index contributed by atoms with van der Waals surface area (Å²) in [6, 6.07) is -1.06. The summed E-state index contributed by atoms with van der Waals surface area (Å²) in [5, 5.41) is 11.5. The first kappa shape index (κ1) is 15.8. The van der Waals surface area contributed by atoms with Crippen molar-refractivity contribution in [1.82, 2.24) is 15.1 Å². The summed E-state index contributed by atoms with van der Waals surface area (Å²) >= 11 is 0. The lowest BCUT2D eigenvalue weighted by Gasteiger charge is -2.35. The van der Waals surface area contributed by atoms with E-state index in [9.17, 15) is 9.59 Å². The molecule has 0 aromatic rings. The van der Waals surface area contributed by atoms with E-state index in [2.05, 4.69) is 24.1 Å². The van der Waals surface area contributed by atoms with Crippen LogP contribution in [0.1, 0.15) is 27.2 Å². The number of rotatable bonds is 5. The Kier molecular flexibility index (Phi) is 6.08. The van der Waals surface area contributed by atoms with Crippen LogP contribution in [0.15, 0.2) is 0 Å². The zero-order valence-electron chi connectivity index (χ0n) is 12.1. The number of hydrogen-bond donors (Lipinski definition) is 2. The molecule has 1 aliphatic rings. The Labute approximate surface area is 114 Å². The second-order valence-electron chi connectivity index (χ2n) is 5.43.